The molecule has 1 N–H and O–H groups in total. The summed E-state index contributed by atoms with van der Waals surface area (Å²) in [6.07, 6.45) is 0. The van der Waals surface area contributed by atoms with Gasteiger partial charge in [-0.25, -0.2) is 0 Å². The van der Waals surface area contributed by atoms with E-state index >= 15 is 0 Å². The second-order valence-electron chi connectivity index (χ2n) is 4.07. The van der Waals surface area contributed by atoms with Crippen LogP contribution in [0.2, 0.25) is 5.02 Å². The number of para-hydroxylation sites is 1. The number of anilines is 1. The van der Waals surface area contributed by atoms with Crippen molar-refractivity contribution in [3.05, 3.63) is 64.7 Å². The minimum Gasteiger partial charge on any atom is -0.384 e. The van der Waals surface area contributed by atoms with Crippen molar-refractivity contribution >= 4 is 17.3 Å². The number of fused-ring (bicyclic) bond motifs is 1. The predicted molar refractivity (Wildman–Crippen MR) is 68.2 cm³/mol. The Morgan fingerprint density at radius 3 is 2.56 bits per heavy atom. The van der Waals surface area contributed by atoms with Crippen LogP contribution in [0.25, 0.3) is 0 Å². The first-order valence-electron chi connectivity index (χ1n) is 5.43. The van der Waals surface area contributed by atoms with Gasteiger partial charge >= 0.3 is 0 Å². The molecule has 1 heterocycles. The maximum absolute atomic E-state index is 5.90. The fourth-order valence-corrected chi connectivity index (χ4v) is 2.40. The number of rotatable bonds is 1. The first kappa shape index (κ1) is 9.73. The summed E-state index contributed by atoms with van der Waals surface area (Å²) >= 11 is 5.90. The van der Waals surface area contributed by atoms with Crippen molar-refractivity contribution in [1.29, 1.82) is 0 Å². The topological polar surface area (TPSA) is 12.0 Å². The summed E-state index contributed by atoms with van der Waals surface area (Å²) in [4.78, 5) is 0. The standard InChI is InChI=1S/C14H12ClN/c15-11-7-5-10(6-8-11)13-9-16-14-4-2-1-3-12(13)14/h1-8,13,16H,9H2/t13-/m0/s1. The van der Waals surface area contributed by atoms with E-state index in [1.165, 1.54) is 16.8 Å². The molecule has 3 rings (SSSR count). The van der Waals surface area contributed by atoms with Gasteiger partial charge in [-0.3, -0.25) is 0 Å². The third kappa shape index (κ3) is 1.57. The van der Waals surface area contributed by atoms with Gasteiger partial charge in [0, 0.05) is 23.2 Å². The summed E-state index contributed by atoms with van der Waals surface area (Å²) in [7, 11) is 0. The van der Waals surface area contributed by atoms with Gasteiger partial charge < -0.3 is 5.32 Å². The van der Waals surface area contributed by atoms with Crippen molar-refractivity contribution < 1.29 is 0 Å². The molecule has 0 amide bonds. The molecule has 1 aliphatic heterocycles. The van der Waals surface area contributed by atoms with E-state index in [2.05, 4.69) is 41.7 Å². The Balaban J connectivity index is 2.01. The Kier molecular flexibility index (Phi) is 2.33. The summed E-state index contributed by atoms with van der Waals surface area (Å²) in [6, 6.07) is 16.6. The molecule has 16 heavy (non-hydrogen) atoms. The molecule has 0 bridgehead atoms. The Hall–Kier alpha value is -1.47. The molecule has 0 aliphatic carbocycles. The lowest BCUT2D eigenvalue weighted by Gasteiger charge is -2.10. The van der Waals surface area contributed by atoms with Crippen LogP contribution in [0.4, 0.5) is 5.69 Å². The van der Waals surface area contributed by atoms with Crippen molar-refractivity contribution in [2.24, 2.45) is 0 Å². The van der Waals surface area contributed by atoms with Gasteiger partial charge in [-0.2, -0.15) is 0 Å². The van der Waals surface area contributed by atoms with Gasteiger partial charge in [0.2, 0.25) is 0 Å². The second kappa shape index (κ2) is 3.84. The van der Waals surface area contributed by atoms with Crippen LogP contribution < -0.4 is 5.32 Å². The summed E-state index contributed by atoms with van der Waals surface area (Å²) < 4.78 is 0. The van der Waals surface area contributed by atoms with Gasteiger partial charge in [0.25, 0.3) is 0 Å². The number of hydrogen-bond donors (Lipinski definition) is 1. The van der Waals surface area contributed by atoms with Crippen molar-refractivity contribution in [1.82, 2.24) is 0 Å². The number of benzene rings is 2. The predicted octanol–water partition coefficient (Wildman–Crippen LogP) is 3.90. The van der Waals surface area contributed by atoms with Crippen molar-refractivity contribution in [2.75, 3.05) is 11.9 Å². The fraction of sp³-hybridized carbons (Fsp3) is 0.143. The molecule has 0 fully saturated rings. The van der Waals surface area contributed by atoms with Gasteiger partial charge in [-0.15, -0.1) is 0 Å². The van der Waals surface area contributed by atoms with Crippen LogP contribution in [-0.2, 0) is 0 Å². The van der Waals surface area contributed by atoms with Crippen LogP contribution in [0.5, 0.6) is 0 Å². The molecule has 2 heteroatoms. The van der Waals surface area contributed by atoms with Crippen molar-refractivity contribution in [3.63, 3.8) is 0 Å². The number of nitrogens with one attached hydrogen (secondary N) is 1. The molecule has 1 atom stereocenters. The minimum atomic E-state index is 0.452. The monoisotopic (exact) mass is 229 g/mol. The highest BCUT2D eigenvalue weighted by atomic mass is 35.5. The van der Waals surface area contributed by atoms with E-state index in [0.717, 1.165) is 11.6 Å². The average Bonchev–Trinajstić information content (AvgIpc) is 2.74. The lowest BCUT2D eigenvalue weighted by atomic mass is 9.93. The van der Waals surface area contributed by atoms with Crippen molar-refractivity contribution in [3.8, 4) is 0 Å². The first-order chi connectivity index (χ1) is 7.84. The first-order valence-corrected chi connectivity index (χ1v) is 5.80. The number of halogens is 1. The Labute approximate surface area is 100 Å². The average molecular weight is 230 g/mol. The molecular formula is C14H12ClN. The molecule has 1 aliphatic rings. The molecule has 0 saturated carbocycles. The van der Waals surface area contributed by atoms with Gasteiger partial charge in [-0.05, 0) is 29.3 Å². The van der Waals surface area contributed by atoms with Crippen LogP contribution in [0.1, 0.15) is 17.0 Å². The van der Waals surface area contributed by atoms with Crippen LogP contribution in [0, 0.1) is 0 Å². The Bertz CT molecular complexity index is 504. The normalized spacial score (nSPS) is 17.9. The minimum absolute atomic E-state index is 0.452. The van der Waals surface area contributed by atoms with Gasteiger partial charge in [0.05, 0.1) is 0 Å². The smallest absolute Gasteiger partial charge is 0.0406 e. The molecule has 80 valence electrons. The molecule has 0 aromatic heterocycles. The van der Waals surface area contributed by atoms with E-state index in [1.54, 1.807) is 0 Å². The molecule has 0 spiro atoms. The van der Waals surface area contributed by atoms with E-state index in [0.29, 0.717) is 5.92 Å². The fourth-order valence-electron chi connectivity index (χ4n) is 2.28. The van der Waals surface area contributed by atoms with Crippen molar-refractivity contribution in [2.45, 2.75) is 5.92 Å². The molecule has 2 aromatic rings. The molecule has 0 unspecified atom stereocenters. The van der Waals surface area contributed by atoms with Crippen LogP contribution in [0.15, 0.2) is 48.5 Å². The lowest BCUT2D eigenvalue weighted by molar-refractivity contribution is 0.907. The molecule has 0 radical (unpaired) electrons. The van der Waals surface area contributed by atoms with E-state index in [9.17, 15) is 0 Å². The Morgan fingerprint density at radius 2 is 1.75 bits per heavy atom. The maximum atomic E-state index is 5.90. The highest BCUT2D eigenvalue weighted by Crippen LogP contribution is 2.35. The highest BCUT2D eigenvalue weighted by molar-refractivity contribution is 6.30. The summed E-state index contributed by atoms with van der Waals surface area (Å²) in [5.74, 6) is 0.452. The van der Waals surface area contributed by atoms with E-state index in [-0.39, 0.29) is 0 Å². The zero-order valence-corrected chi connectivity index (χ0v) is 9.54. The highest BCUT2D eigenvalue weighted by Gasteiger charge is 2.22. The number of hydrogen-bond acceptors (Lipinski definition) is 1. The molecule has 0 saturated heterocycles. The van der Waals surface area contributed by atoms with Gasteiger partial charge in [0.1, 0.15) is 0 Å². The van der Waals surface area contributed by atoms with E-state index < -0.39 is 0 Å². The maximum Gasteiger partial charge on any atom is 0.0406 e. The van der Waals surface area contributed by atoms with Crippen LogP contribution >= 0.6 is 11.6 Å². The quantitative estimate of drug-likeness (QED) is 0.782. The summed E-state index contributed by atoms with van der Waals surface area (Å²) in [5, 5.41) is 4.22. The molecule has 1 nitrogen and oxygen atoms in total. The lowest BCUT2D eigenvalue weighted by Crippen LogP contribution is -2.03. The molecule has 2 aromatic carbocycles. The van der Waals surface area contributed by atoms with E-state index in [1.807, 2.05) is 12.1 Å². The third-order valence-electron chi connectivity index (χ3n) is 3.11. The Morgan fingerprint density at radius 1 is 1.00 bits per heavy atom. The van der Waals surface area contributed by atoms with E-state index in [4.69, 9.17) is 11.6 Å². The summed E-state index contributed by atoms with van der Waals surface area (Å²) in [6.45, 7) is 0.973. The largest absolute Gasteiger partial charge is 0.384 e. The summed E-state index contributed by atoms with van der Waals surface area (Å²) in [5.41, 5.74) is 3.95. The van der Waals surface area contributed by atoms with Crippen LogP contribution in [-0.4, -0.2) is 6.54 Å². The third-order valence-corrected chi connectivity index (χ3v) is 3.36. The van der Waals surface area contributed by atoms with Gasteiger partial charge in [0.15, 0.2) is 0 Å². The zero-order chi connectivity index (χ0) is 11.0. The van der Waals surface area contributed by atoms with Crippen LogP contribution in [0.3, 0.4) is 0 Å². The molecular weight excluding hydrogens is 218 g/mol. The second-order valence-corrected chi connectivity index (χ2v) is 4.51. The SMILES string of the molecule is Clc1ccc([C@@H]2CNc3ccccc32)cc1. The zero-order valence-electron chi connectivity index (χ0n) is 8.78. The van der Waals surface area contributed by atoms with Gasteiger partial charge in [-0.1, -0.05) is 41.9 Å².